The van der Waals surface area contributed by atoms with Crippen LogP contribution in [0.2, 0.25) is 0 Å². The first-order valence-corrected chi connectivity index (χ1v) is 8.14. The van der Waals surface area contributed by atoms with Gasteiger partial charge in [-0.25, -0.2) is 0 Å². The molecule has 3 rings (SSSR count). The van der Waals surface area contributed by atoms with Crippen molar-refractivity contribution in [2.24, 2.45) is 0 Å². The molecule has 1 aliphatic heterocycles. The number of para-hydroxylation sites is 1. The van der Waals surface area contributed by atoms with Gasteiger partial charge in [-0.05, 0) is 49.2 Å². The second kappa shape index (κ2) is 7.79. The first kappa shape index (κ1) is 15.6. The maximum atomic E-state index is 12.1. The number of carbonyl (C=O) groups is 1. The summed E-state index contributed by atoms with van der Waals surface area (Å²) in [4.78, 5) is 12.1. The number of hydrogen-bond acceptors (Lipinski definition) is 3. The molecule has 1 unspecified atom stereocenters. The van der Waals surface area contributed by atoms with Crippen LogP contribution in [0.4, 0.5) is 0 Å². The van der Waals surface area contributed by atoms with Crippen LogP contribution in [0.15, 0.2) is 54.6 Å². The Morgan fingerprint density at radius 3 is 2.48 bits per heavy atom. The zero-order valence-electron chi connectivity index (χ0n) is 13.1. The highest BCUT2D eigenvalue weighted by molar-refractivity contribution is 5.81. The second-order valence-corrected chi connectivity index (χ2v) is 5.78. The van der Waals surface area contributed by atoms with Gasteiger partial charge >= 0.3 is 0 Å². The third kappa shape index (κ3) is 4.57. The van der Waals surface area contributed by atoms with Crippen LogP contribution in [0.3, 0.4) is 0 Å². The Balaban J connectivity index is 1.50. The van der Waals surface area contributed by atoms with Crippen LogP contribution >= 0.6 is 0 Å². The number of piperidine rings is 1. The van der Waals surface area contributed by atoms with Gasteiger partial charge in [-0.2, -0.15) is 0 Å². The first-order chi connectivity index (χ1) is 11.3. The predicted octanol–water partition coefficient (Wildman–Crippen LogP) is 3.24. The molecule has 0 radical (unpaired) electrons. The lowest BCUT2D eigenvalue weighted by atomic mass is 10.0. The quantitative estimate of drug-likeness (QED) is 0.891. The van der Waals surface area contributed by atoms with Crippen molar-refractivity contribution in [2.75, 3.05) is 6.54 Å². The lowest BCUT2D eigenvalue weighted by Crippen LogP contribution is -2.46. The average Bonchev–Trinajstić information content (AvgIpc) is 2.62. The van der Waals surface area contributed by atoms with Crippen LogP contribution in [0.25, 0.3) is 0 Å². The van der Waals surface area contributed by atoms with Gasteiger partial charge < -0.3 is 15.4 Å². The van der Waals surface area contributed by atoms with Gasteiger partial charge in [0.1, 0.15) is 11.5 Å². The molecule has 1 heterocycles. The minimum absolute atomic E-state index is 0.0376. The fourth-order valence-electron chi connectivity index (χ4n) is 2.69. The van der Waals surface area contributed by atoms with Crippen molar-refractivity contribution in [3.05, 3.63) is 60.2 Å². The Morgan fingerprint density at radius 2 is 1.78 bits per heavy atom. The number of amides is 1. The molecule has 2 aromatic rings. The molecule has 4 nitrogen and oxygen atoms in total. The number of nitrogens with one attached hydrogen (secondary N) is 2. The van der Waals surface area contributed by atoms with Crippen LogP contribution < -0.4 is 15.4 Å². The third-order valence-electron chi connectivity index (χ3n) is 4.00. The Hall–Kier alpha value is -2.33. The van der Waals surface area contributed by atoms with Crippen LogP contribution in [0.1, 0.15) is 24.8 Å². The van der Waals surface area contributed by atoms with Gasteiger partial charge in [-0.3, -0.25) is 4.79 Å². The zero-order chi connectivity index (χ0) is 15.9. The van der Waals surface area contributed by atoms with E-state index in [2.05, 4.69) is 10.6 Å². The lowest BCUT2D eigenvalue weighted by molar-refractivity contribution is -0.123. The van der Waals surface area contributed by atoms with Crippen LogP contribution in [0, 0.1) is 0 Å². The molecule has 2 aromatic carbocycles. The molecule has 4 heteroatoms. The normalized spacial score (nSPS) is 17.5. The highest BCUT2D eigenvalue weighted by Crippen LogP contribution is 2.21. The highest BCUT2D eigenvalue weighted by Gasteiger charge is 2.19. The highest BCUT2D eigenvalue weighted by atomic mass is 16.5. The van der Waals surface area contributed by atoms with E-state index >= 15 is 0 Å². The summed E-state index contributed by atoms with van der Waals surface area (Å²) < 4.78 is 5.76. The lowest BCUT2D eigenvalue weighted by Gasteiger charge is -2.22. The topological polar surface area (TPSA) is 50.4 Å². The van der Waals surface area contributed by atoms with Crippen molar-refractivity contribution < 1.29 is 9.53 Å². The van der Waals surface area contributed by atoms with Gasteiger partial charge in [0.25, 0.3) is 0 Å². The summed E-state index contributed by atoms with van der Waals surface area (Å²) in [5.74, 6) is 1.70. The molecule has 1 amide bonds. The molecule has 0 aliphatic carbocycles. The minimum atomic E-state index is -0.0376. The van der Waals surface area contributed by atoms with Gasteiger partial charge in [0, 0.05) is 6.54 Å². The SMILES string of the molecule is O=C(NCc1ccc(Oc2ccccc2)cc1)C1CCCCN1. The Bertz CT molecular complexity index is 620. The van der Waals surface area contributed by atoms with E-state index in [1.807, 2.05) is 54.6 Å². The molecule has 1 saturated heterocycles. The number of benzene rings is 2. The molecule has 0 aromatic heterocycles. The number of ether oxygens (including phenoxy) is 1. The summed E-state index contributed by atoms with van der Waals surface area (Å²) >= 11 is 0. The molecule has 1 fully saturated rings. The van der Waals surface area contributed by atoms with E-state index < -0.39 is 0 Å². The zero-order valence-corrected chi connectivity index (χ0v) is 13.1. The fraction of sp³-hybridized carbons (Fsp3) is 0.316. The molecule has 2 N–H and O–H groups in total. The van der Waals surface area contributed by atoms with Gasteiger partial charge in [-0.1, -0.05) is 36.8 Å². The van der Waals surface area contributed by atoms with Crippen molar-refractivity contribution in [2.45, 2.75) is 31.8 Å². The molecule has 0 bridgehead atoms. The summed E-state index contributed by atoms with van der Waals surface area (Å²) in [7, 11) is 0. The van der Waals surface area contributed by atoms with Crippen molar-refractivity contribution >= 4 is 5.91 Å². The summed E-state index contributed by atoms with van der Waals surface area (Å²) in [5.41, 5.74) is 1.06. The van der Waals surface area contributed by atoms with Crippen LogP contribution in [-0.2, 0) is 11.3 Å². The van der Waals surface area contributed by atoms with Crippen LogP contribution in [0.5, 0.6) is 11.5 Å². The summed E-state index contributed by atoms with van der Waals surface area (Å²) in [6.45, 7) is 1.48. The monoisotopic (exact) mass is 310 g/mol. The average molecular weight is 310 g/mol. The Morgan fingerprint density at radius 1 is 1.04 bits per heavy atom. The Kier molecular flexibility index (Phi) is 5.27. The number of hydrogen-bond donors (Lipinski definition) is 2. The number of carbonyl (C=O) groups excluding carboxylic acids is 1. The first-order valence-electron chi connectivity index (χ1n) is 8.14. The molecule has 1 atom stereocenters. The standard InChI is InChI=1S/C19H22N2O2/c22-19(18-8-4-5-13-20-18)21-14-15-9-11-17(12-10-15)23-16-6-2-1-3-7-16/h1-3,6-7,9-12,18,20H,4-5,8,13-14H2,(H,21,22). The van der Waals surface area contributed by atoms with Crippen molar-refractivity contribution in [3.8, 4) is 11.5 Å². The van der Waals surface area contributed by atoms with E-state index in [-0.39, 0.29) is 11.9 Å². The molecule has 120 valence electrons. The van der Waals surface area contributed by atoms with Crippen LogP contribution in [-0.4, -0.2) is 18.5 Å². The molecular weight excluding hydrogens is 288 g/mol. The van der Waals surface area contributed by atoms with Gasteiger partial charge in [0.15, 0.2) is 0 Å². The third-order valence-corrected chi connectivity index (χ3v) is 4.00. The molecule has 0 spiro atoms. The molecule has 1 aliphatic rings. The molecule has 0 saturated carbocycles. The van der Waals surface area contributed by atoms with Gasteiger partial charge in [0.2, 0.25) is 5.91 Å². The summed E-state index contributed by atoms with van der Waals surface area (Å²) in [6.07, 6.45) is 3.21. The van der Waals surface area contributed by atoms with E-state index in [4.69, 9.17) is 4.74 Å². The van der Waals surface area contributed by atoms with E-state index in [9.17, 15) is 4.79 Å². The van der Waals surface area contributed by atoms with Crippen molar-refractivity contribution in [1.29, 1.82) is 0 Å². The van der Waals surface area contributed by atoms with Gasteiger partial charge in [0.05, 0.1) is 6.04 Å². The van der Waals surface area contributed by atoms with E-state index in [0.717, 1.165) is 42.9 Å². The second-order valence-electron chi connectivity index (χ2n) is 5.78. The van der Waals surface area contributed by atoms with Crippen molar-refractivity contribution in [3.63, 3.8) is 0 Å². The summed E-state index contributed by atoms with van der Waals surface area (Å²) in [6, 6.07) is 17.5. The Labute approximate surface area is 136 Å². The maximum Gasteiger partial charge on any atom is 0.237 e. The minimum Gasteiger partial charge on any atom is -0.457 e. The molecule has 23 heavy (non-hydrogen) atoms. The van der Waals surface area contributed by atoms with Crippen molar-refractivity contribution in [1.82, 2.24) is 10.6 Å². The van der Waals surface area contributed by atoms with E-state index in [1.165, 1.54) is 0 Å². The maximum absolute atomic E-state index is 12.1. The van der Waals surface area contributed by atoms with E-state index in [0.29, 0.717) is 6.54 Å². The molecular formula is C19H22N2O2. The smallest absolute Gasteiger partial charge is 0.237 e. The predicted molar refractivity (Wildman–Crippen MR) is 90.4 cm³/mol. The van der Waals surface area contributed by atoms with Gasteiger partial charge in [-0.15, -0.1) is 0 Å². The van der Waals surface area contributed by atoms with E-state index in [1.54, 1.807) is 0 Å². The largest absolute Gasteiger partial charge is 0.457 e. The number of rotatable bonds is 5. The summed E-state index contributed by atoms with van der Waals surface area (Å²) in [5, 5.41) is 6.26. The fourth-order valence-corrected chi connectivity index (χ4v) is 2.69.